The zero-order valence-corrected chi connectivity index (χ0v) is 30.1. The largest absolute Gasteiger partial charge is 0.504 e. The van der Waals surface area contributed by atoms with Crippen molar-refractivity contribution in [3.05, 3.63) is 137 Å². The van der Waals surface area contributed by atoms with Crippen molar-refractivity contribution in [1.82, 2.24) is 0 Å². The van der Waals surface area contributed by atoms with Crippen LogP contribution in [0.5, 0.6) is 11.5 Å². The molecule has 2 heterocycles. The number of anilines is 2. The van der Waals surface area contributed by atoms with Gasteiger partial charge in [0.15, 0.2) is 27.0 Å². The highest BCUT2D eigenvalue weighted by Crippen LogP contribution is 2.63. The topological polar surface area (TPSA) is 121 Å². The molecule has 1 N–H and O–H groups in total. The van der Waals surface area contributed by atoms with Gasteiger partial charge in [-0.25, -0.2) is 9.29 Å². The van der Waals surface area contributed by atoms with E-state index in [9.17, 15) is 33.5 Å². The molecule has 2 aliphatic carbocycles. The molecule has 12 heteroatoms. The van der Waals surface area contributed by atoms with Gasteiger partial charge in [-0.1, -0.05) is 60.2 Å². The van der Waals surface area contributed by atoms with Crippen LogP contribution in [0.3, 0.4) is 0 Å². The molecule has 0 aromatic heterocycles. The maximum absolute atomic E-state index is 14.5. The number of alkyl halides is 2. The number of methoxy groups -OCH3 is 1. The van der Waals surface area contributed by atoms with E-state index in [1.807, 2.05) is 12.1 Å². The summed E-state index contributed by atoms with van der Waals surface area (Å²) in [6.07, 6.45) is 5.05. The Morgan fingerprint density at radius 1 is 0.833 bits per heavy atom. The van der Waals surface area contributed by atoms with Crippen molar-refractivity contribution in [2.45, 2.75) is 22.6 Å². The lowest BCUT2D eigenvalue weighted by molar-refractivity contribution is -0.125. The number of phenols is 1. The highest BCUT2D eigenvalue weighted by Gasteiger charge is 2.76. The van der Waals surface area contributed by atoms with Gasteiger partial charge >= 0.3 is 0 Å². The second-order valence-corrected chi connectivity index (χ2v) is 15.1. The summed E-state index contributed by atoms with van der Waals surface area (Å²) in [7, 11) is 1.40. The number of halogens is 3. The number of carbonyl (C=O) groups is 5. The number of phenolic OH excluding ortho intramolecular Hbond substituents is 1. The SMILES string of the molecule is COc1cc(C=C[C@H]2C3=CC[C@@H]4C(=O)N(c5ccc(C(=O)c6ccccc6)cc5)C(=O)[C@@H]4[C@@H]3C[C@@]3(Cl)C(=O)N(c4ccc(F)cc4)C(=O)[C@@]23Cl)ccc1O. The van der Waals surface area contributed by atoms with Gasteiger partial charge in [-0.05, 0) is 85.0 Å². The lowest BCUT2D eigenvalue weighted by Crippen LogP contribution is -2.60. The average molecular weight is 766 g/mol. The van der Waals surface area contributed by atoms with E-state index in [0.29, 0.717) is 28.0 Å². The molecule has 4 aromatic carbocycles. The van der Waals surface area contributed by atoms with E-state index in [1.165, 1.54) is 25.3 Å². The fraction of sp³-hybridized carbons (Fsp3) is 0.214. The molecule has 0 bridgehead atoms. The summed E-state index contributed by atoms with van der Waals surface area (Å²) < 4.78 is 19.2. The van der Waals surface area contributed by atoms with E-state index in [4.69, 9.17) is 27.9 Å². The number of hydrogen-bond acceptors (Lipinski definition) is 7. The van der Waals surface area contributed by atoms with Crippen LogP contribution in [0.15, 0.2) is 115 Å². The first-order valence-electron chi connectivity index (χ1n) is 17.2. The van der Waals surface area contributed by atoms with Gasteiger partial charge in [-0.2, -0.15) is 0 Å². The molecule has 0 unspecified atom stereocenters. The summed E-state index contributed by atoms with van der Waals surface area (Å²) in [6.45, 7) is 0. The van der Waals surface area contributed by atoms with Crippen LogP contribution in [0.4, 0.5) is 15.8 Å². The summed E-state index contributed by atoms with van der Waals surface area (Å²) in [5, 5.41) is 10.2. The molecule has 54 heavy (non-hydrogen) atoms. The van der Waals surface area contributed by atoms with Crippen molar-refractivity contribution >= 4 is 70.1 Å². The van der Waals surface area contributed by atoms with Crippen LogP contribution in [0, 0.1) is 29.5 Å². The first kappa shape index (κ1) is 35.4. The molecule has 272 valence electrons. The third kappa shape index (κ3) is 5.22. The second-order valence-electron chi connectivity index (χ2n) is 13.8. The van der Waals surface area contributed by atoms with Gasteiger partial charge in [0.25, 0.3) is 11.8 Å². The molecule has 4 aliphatic rings. The molecule has 0 spiro atoms. The van der Waals surface area contributed by atoms with Crippen molar-refractivity contribution in [2.24, 2.45) is 23.7 Å². The van der Waals surface area contributed by atoms with Gasteiger partial charge in [0.05, 0.1) is 30.3 Å². The van der Waals surface area contributed by atoms with Gasteiger partial charge in [-0.3, -0.25) is 28.9 Å². The molecule has 0 radical (unpaired) electrons. The minimum Gasteiger partial charge on any atom is -0.504 e. The van der Waals surface area contributed by atoms with Gasteiger partial charge in [-0.15, -0.1) is 23.2 Å². The van der Waals surface area contributed by atoms with Gasteiger partial charge in [0, 0.05) is 17.0 Å². The fourth-order valence-corrected chi connectivity index (χ4v) is 9.32. The molecule has 1 saturated carbocycles. The van der Waals surface area contributed by atoms with Crippen LogP contribution < -0.4 is 14.5 Å². The fourth-order valence-electron chi connectivity index (χ4n) is 8.42. The van der Waals surface area contributed by atoms with Crippen molar-refractivity contribution in [1.29, 1.82) is 0 Å². The molecule has 8 rings (SSSR count). The minimum atomic E-state index is -2.08. The summed E-state index contributed by atoms with van der Waals surface area (Å²) in [5.41, 5.74) is 2.41. The Hall–Kier alpha value is -5.58. The second kappa shape index (κ2) is 13.1. The van der Waals surface area contributed by atoms with Crippen LogP contribution in [0.1, 0.15) is 34.3 Å². The average Bonchev–Trinajstić information content (AvgIpc) is 3.52. The predicted octanol–water partition coefficient (Wildman–Crippen LogP) is 7.08. The van der Waals surface area contributed by atoms with E-state index in [-0.39, 0.29) is 35.8 Å². The van der Waals surface area contributed by atoms with Crippen molar-refractivity contribution in [3.63, 3.8) is 0 Å². The summed E-state index contributed by atoms with van der Waals surface area (Å²) in [6, 6.07) is 24.4. The Labute approximate surface area is 319 Å². The van der Waals surface area contributed by atoms with Crippen molar-refractivity contribution in [2.75, 3.05) is 16.9 Å². The number of nitrogens with zero attached hydrogens (tertiary/aromatic N) is 2. The first-order chi connectivity index (χ1) is 25.9. The van der Waals surface area contributed by atoms with Crippen LogP contribution in [0.2, 0.25) is 0 Å². The smallest absolute Gasteiger partial charge is 0.258 e. The van der Waals surface area contributed by atoms with Crippen LogP contribution in [-0.4, -0.2) is 51.4 Å². The third-order valence-corrected chi connectivity index (χ3v) is 12.5. The lowest BCUT2D eigenvalue weighted by atomic mass is 9.57. The number of amides is 4. The molecular formula is C42H31Cl2FN2O7. The number of carbonyl (C=O) groups excluding carboxylic acids is 5. The minimum absolute atomic E-state index is 0.0779. The Kier molecular flexibility index (Phi) is 8.58. The Balaban J connectivity index is 1.18. The number of imide groups is 2. The standard InChI is InChI=1S/C42H31Cl2FN2O7/c1-54-34-21-23(8-20-33(34)48)7-19-32-29-17-18-30-35(31(29)22-41(43)39(52)47(40(53)42(32,41)44)28-15-11-26(45)12-16-28)38(51)46(37(30)50)27-13-9-25(10-14-27)36(49)24-5-3-2-4-6-24/h2-17,19-21,30-32,35,48H,18,22H2,1H3/t30-,31+,32-,35-,41+,42-/m0/s1. The number of rotatable bonds is 7. The highest BCUT2D eigenvalue weighted by atomic mass is 35.5. The number of benzene rings is 4. The molecule has 4 aromatic rings. The van der Waals surface area contributed by atoms with Crippen molar-refractivity contribution in [3.8, 4) is 11.5 Å². The number of hydrogen-bond donors (Lipinski definition) is 1. The van der Waals surface area contributed by atoms with E-state index >= 15 is 0 Å². The quantitative estimate of drug-likeness (QED) is 0.0924. The normalized spacial score (nSPS) is 27.5. The molecule has 9 nitrogen and oxygen atoms in total. The van der Waals surface area contributed by atoms with E-state index < -0.39 is 62.9 Å². The van der Waals surface area contributed by atoms with E-state index in [2.05, 4.69) is 0 Å². The number of allylic oxidation sites excluding steroid dienone is 3. The van der Waals surface area contributed by atoms with Gasteiger partial charge < -0.3 is 9.84 Å². The van der Waals surface area contributed by atoms with Crippen LogP contribution in [0.25, 0.3) is 6.08 Å². The summed E-state index contributed by atoms with van der Waals surface area (Å²) >= 11 is 14.8. The number of ether oxygens (including phenoxy) is 1. The zero-order chi connectivity index (χ0) is 38.1. The van der Waals surface area contributed by atoms with E-state index in [0.717, 1.165) is 21.9 Å². The van der Waals surface area contributed by atoms with Gasteiger partial charge in [0.2, 0.25) is 11.8 Å². The summed E-state index contributed by atoms with van der Waals surface area (Å²) in [5.74, 6) is -6.77. The number of fused-ring (bicyclic) bond motifs is 4. The highest BCUT2D eigenvalue weighted by molar-refractivity contribution is 6.58. The van der Waals surface area contributed by atoms with Gasteiger partial charge in [0.1, 0.15) is 5.82 Å². The van der Waals surface area contributed by atoms with Crippen molar-refractivity contribution < 1.29 is 38.2 Å². The maximum atomic E-state index is 14.5. The Morgan fingerprint density at radius 2 is 1.48 bits per heavy atom. The maximum Gasteiger partial charge on any atom is 0.258 e. The number of aromatic hydroxyl groups is 1. The van der Waals surface area contributed by atoms with Crippen LogP contribution >= 0.6 is 23.2 Å². The molecule has 6 atom stereocenters. The molecule has 3 fully saturated rings. The third-order valence-electron chi connectivity index (χ3n) is 11.1. The zero-order valence-electron chi connectivity index (χ0n) is 28.6. The first-order valence-corrected chi connectivity index (χ1v) is 18.0. The van der Waals surface area contributed by atoms with Crippen LogP contribution in [-0.2, 0) is 19.2 Å². The summed E-state index contributed by atoms with van der Waals surface area (Å²) in [4.78, 5) is 68.2. The monoisotopic (exact) mass is 764 g/mol. The van der Waals surface area contributed by atoms with E-state index in [1.54, 1.807) is 72.8 Å². The number of ketones is 1. The molecule has 2 aliphatic heterocycles. The predicted molar refractivity (Wildman–Crippen MR) is 200 cm³/mol. The Morgan fingerprint density at radius 3 is 2.17 bits per heavy atom. The Bertz CT molecular complexity index is 2310. The molecule has 2 saturated heterocycles. The molecule has 4 amide bonds. The molecular weight excluding hydrogens is 734 g/mol. The lowest BCUT2D eigenvalue weighted by Gasteiger charge is -2.49.